The number of amides is 2. The molecular weight excluding hydrogens is 415 g/mol. The zero-order chi connectivity index (χ0) is 23.8. The predicted molar refractivity (Wildman–Crippen MR) is 121 cm³/mol. The smallest absolute Gasteiger partial charge is 0.329 e. The van der Waals surface area contributed by atoms with Crippen LogP contribution in [0.2, 0.25) is 18.1 Å². The van der Waals surface area contributed by atoms with E-state index in [1.807, 2.05) is 0 Å². The molecule has 2 amide bonds. The van der Waals surface area contributed by atoms with Gasteiger partial charge in [0.05, 0.1) is 7.11 Å². The Morgan fingerprint density at radius 1 is 1.16 bits per heavy atom. The number of hydrogen-bond acceptors (Lipinski definition) is 4. The molecule has 0 aliphatic rings. The summed E-state index contributed by atoms with van der Waals surface area (Å²) in [6.45, 7) is 12.0. The highest BCUT2D eigenvalue weighted by Crippen LogP contribution is 2.35. The summed E-state index contributed by atoms with van der Waals surface area (Å²) in [5.41, 5.74) is 3.85. The molecule has 0 fully saturated rings. The first-order valence-corrected chi connectivity index (χ1v) is 13.2. The molecule has 2 N–H and O–H groups in total. The normalized spacial score (nSPS) is 13.3. The number of rotatable bonds is 7. The van der Waals surface area contributed by atoms with E-state index in [1.54, 1.807) is 6.07 Å². The maximum absolute atomic E-state index is 13.5. The van der Waals surface area contributed by atoms with E-state index in [9.17, 15) is 18.8 Å². The number of esters is 1. The second-order valence-electron chi connectivity index (χ2n) is 9.05. The molecule has 1 aromatic carbocycles. The summed E-state index contributed by atoms with van der Waals surface area (Å²) in [6.07, 6.45) is 0.171. The SMILES string of the molecule is COC(=O)[C@@H](CC#C[Si](C)(C)C(C)(C)C)NC(=O)[C@@H](Cc1cccc(F)c1)NC(C)=O. The first-order valence-electron chi connectivity index (χ1n) is 10.2. The lowest BCUT2D eigenvalue weighted by Crippen LogP contribution is -2.52. The van der Waals surface area contributed by atoms with E-state index in [0.717, 1.165) is 0 Å². The van der Waals surface area contributed by atoms with Gasteiger partial charge in [-0.15, -0.1) is 11.5 Å². The second kappa shape index (κ2) is 11.1. The van der Waals surface area contributed by atoms with Crippen molar-refractivity contribution in [2.75, 3.05) is 7.11 Å². The van der Waals surface area contributed by atoms with Crippen molar-refractivity contribution in [3.8, 4) is 11.5 Å². The highest BCUT2D eigenvalue weighted by Gasteiger charge is 2.34. The summed E-state index contributed by atoms with van der Waals surface area (Å²) < 4.78 is 18.3. The standard InChI is InChI=1S/C23H33FN2O4Si/c1-16(27)25-20(15-17-10-8-11-18(24)14-17)21(28)26-19(22(29)30-5)12-9-13-31(6,7)23(2,3)4/h8,10-11,14,19-20H,12,15H2,1-7H3,(H,25,27)(H,26,28)/t19-,20-/m1/s1. The molecule has 0 unspecified atom stereocenters. The topological polar surface area (TPSA) is 84.5 Å². The van der Waals surface area contributed by atoms with E-state index in [0.29, 0.717) is 5.56 Å². The molecule has 0 aromatic heterocycles. The van der Waals surface area contributed by atoms with Crippen LogP contribution >= 0.6 is 0 Å². The number of carbonyl (C=O) groups excluding carboxylic acids is 3. The number of methoxy groups -OCH3 is 1. The second-order valence-corrected chi connectivity index (χ2v) is 14.1. The van der Waals surface area contributed by atoms with Crippen LogP contribution in [0.3, 0.4) is 0 Å². The summed E-state index contributed by atoms with van der Waals surface area (Å²) >= 11 is 0. The minimum absolute atomic E-state index is 0.0610. The third-order valence-corrected chi connectivity index (χ3v) is 9.96. The number of ether oxygens (including phenoxy) is 1. The molecular formula is C23H33FN2O4Si. The quantitative estimate of drug-likeness (QED) is 0.382. The van der Waals surface area contributed by atoms with Crippen molar-refractivity contribution in [2.24, 2.45) is 0 Å². The monoisotopic (exact) mass is 448 g/mol. The number of hydrogen-bond donors (Lipinski definition) is 2. The summed E-state index contributed by atoms with van der Waals surface area (Å²) in [7, 11) is -0.638. The van der Waals surface area contributed by atoms with Gasteiger partial charge in [0, 0.05) is 19.8 Å². The Bertz CT molecular complexity index is 868. The molecule has 2 atom stereocenters. The van der Waals surface area contributed by atoms with Crippen molar-refractivity contribution >= 4 is 25.9 Å². The molecule has 1 rings (SSSR count). The van der Waals surface area contributed by atoms with Crippen LogP contribution in [0.15, 0.2) is 24.3 Å². The molecule has 8 heteroatoms. The molecule has 1 aromatic rings. The van der Waals surface area contributed by atoms with Crippen LogP contribution < -0.4 is 10.6 Å². The van der Waals surface area contributed by atoms with Crippen LogP contribution in [-0.4, -0.2) is 45.1 Å². The van der Waals surface area contributed by atoms with Crippen molar-refractivity contribution in [3.63, 3.8) is 0 Å². The third kappa shape index (κ3) is 8.54. The third-order valence-electron chi connectivity index (χ3n) is 5.41. The summed E-state index contributed by atoms with van der Waals surface area (Å²) in [4.78, 5) is 36.7. The van der Waals surface area contributed by atoms with Gasteiger partial charge in [-0.25, -0.2) is 9.18 Å². The Morgan fingerprint density at radius 2 is 1.81 bits per heavy atom. The van der Waals surface area contributed by atoms with Gasteiger partial charge in [0.15, 0.2) is 0 Å². The van der Waals surface area contributed by atoms with Crippen molar-refractivity contribution in [3.05, 3.63) is 35.6 Å². The molecule has 0 saturated carbocycles. The molecule has 170 valence electrons. The fourth-order valence-electron chi connectivity index (χ4n) is 2.52. The van der Waals surface area contributed by atoms with Gasteiger partial charge in [-0.3, -0.25) is 9.59 Å². The number of nitrogens with one attached hydrogen (secondary N) is 2. The number of halogens is 1. The van der Waals surface area contributed by atoms with E-state index in [1.165, 1.54) is 32.2 Å². The minimum Gasteiger partial charge on any atom is -0.467 e. The lowest BCUT2D eigenvalue weighted by atomic mass is 10.0. The van der Waals surface area contributed by atoms with E-state index in [4.69, 9.17) is 4.74 Å². The maximum atomic E-state index is 13.5. The van der Waals surface area contributed by atoms with Gasteiger partial charge in [0.25, 0.3) is 0 Å². The number of carbonyl (C=O) groups is 3. The molecule has 0 aliphatic heterocycles. The molecule has 0 bridgehead atoms. The number of benzene rings is 1. The molecule has 0 saturated heterocycles. The van der Waals surface area contributed by atoms with Crippen LogP contribution in [0.25, 0.3) is 0 Å². The molecule has 31 heavy (non-hydrogen) atoms. The van der Waals surface area contributed by atoms with Gasteiger partial charge in [0.2, 0.25) is 11.8 Å². The fourth-order valence-corrected chi connectivity index (χ4v) is 3.44. The Hall–Kier alpha value is -2.66. The van der Waals surface area contributed by atoms with Gasteiger partial charge < -0.3 is 15.4 Å². The van der Waals surface area contributed by atoms with Crippen LogP contribution in [0.1, 0.15) is 39.7 Å². The average Bonchev–Trinajstić information content (AvgIpc) is 2.64. The van der Waals surface area contributed by atoms with E-state index in [2.05, 4.69) is 56.0 Å². The Balaban J connectivity index is 3.01. The van der Waals surface area contributed by atoms with E-state index < -0.39 is 43.8 Å². The van der Waals surface area contributed by atoms with E-state index >= 15 is 0 Å². The fraction of sp³-hybridized carbons (Fsp3) is 0.522. The van der Waals surface area contributed by atoms with Crippen molar-refractivity contribution < 1.29 is 23.5 Å². The first-order chi connectivity index (χ1) is 14.3. The zero-order valence-electron chi connectivity index (χ0n) is 19.4. The van der Waals surface area contributed by atoms with E-state index in [-0.39, 0.29) is 17.9 Å². The largest absolute Gasteiger partial charge is 0.467 e. The zero-order valence-corrected chi connectivity index (χ0v) is 20.4. The van der Waals surface area contributed by atoms with Crippen molar-refractivity contribution in [1.82, 2.24) is 10.6 Å². The van der Waals surface area contributed by atoms with Gasteiger partial charge in [0.1, 0.15) is 26.0 Å². The maximum Gasteiger partial charge on any atom is 0.329 e. The van der Waals surface area contributed by atoms with Crippen LogP contribution in [0.5, 0.6) is 0 Å². The summed E-state index contributed by atoms with van der Waals surface area (Å²) in [5, 5.41) is 5.24. The molecule has 6 nitrogen and oxygen atoms in total. The van der Waals surface area contributed by atoms with Crippen LogP contribution in [-0.2, 0) is 25.5 Å². The van der Waals surface area contributed by atoms with Gasteiger partial charge in [-0.1, -0.05) is 46.0 Å². The predicted octanol–water partition coefficient (Wildman–Crippen LogP) is 2.97. The highest BCUT2D eigenvalue weighted by atomic mass is 28.3. The Kier molecular flexibility index (Phi) is 9.44. The van der Waals surface area contributed by atoms with Crippen LogP contribution in [0.4, 0.5) is 4.39 Å². The molecule has 0 heterocycles. The minimum atomic E-state index is -1.88. The van der Waals surface area contributed by atoms with Crippen molar-refractivity contribution in [1.29, 1.82) is 0 Å². The highest BCUT2D eigenvalue weighted by molar-refractivity contribution is 6.87. The lowest BCUT2D eigenvalue weighted by Gasteiger charge is -2.31. The summed E-state index contributed by atoms with van der Waals surface area (Å²) in [6, 6.07) is 3.84. The van der Waals surface area contributed by atoms with Gasteiger partial charge >= 0.3 is 5.97 Å². The van der Waals surface area contributed by atoms with Crippen LogP contribution in [0, 0.1) is 17.3 Å². The van der Waals surface area contributed by atoms with Crippen molar-refractivity contribution in [2.45, 2.75) is 70.8 Å². The summed E-state index contributed by atoms with van der Waals surface area (Å²) in [5.74, 6) is 1.01. The van der Waals surface area contributed by atoms with Gasteiger partial charge in [-0.05, 0) is 22.7 Å². The average molecular weight is 449 g/mol. The Morgan fingerprint density at radius 3 is 2.32 bits per heavy atom. The first kappa shape index (κ1) is 26.4. The molecule has 0 radical (unpaired) electrons. The van der Waals surface area contributed by atoms with Gasteiger partial charge in [-0.2, -0.15) is 0 Å². The molecule has 0 spiro atoms. The lowest BCUT2D eigenvalue weighted by molar-refractivity contribution is -0.145. The Labute approximate surface area is 185 Å². The molecule has 0 aliphatic carbocycles.